The number of esters is 1. The molecule has 0 atom stereocenters. The highest BCUT2D eigenvalue weighted by Crippen LogP contribution is 2.31. The third-order valence-corrected chi connectivity index (χ3v) is 6.91. The van der Waals surface area contributed by atoms with Crippen molar-refractivity contribution in [1.29, 1.82) is 0 Å². The van der Waals surface area contributed by atoms with Gasteiger partial charge in [-0.2, -0.15) is 8.42 Å². The number of rotatable bonds is 4. The molecule has 2 aromatic heterocycles. The Balaban J connectivity index is 1.68. The van der Waals surface area contributed by atoms with E-state index in [2.05, 4.69) is 14.7 Å². The lowest BCUT2D eigenvalue weighted by atomic mass is 10.1. The van der Waals surface area contributed by atoms with Crippen molar-refractivity contribution in [2.24, 2.45) is 4.40 Å². The molecule has 0 saturated carbocycles. The molecule has 11 heteroatoms. The van der Waals surface area contributed by atoms with Gasteiger partial charge in [0, 0.05) is 6.20 Å². The van der Waals surface area contributed by atoms with Gasteiger partial charge < -0.3 is 15.2 Å². The summed E-state index contributed by atoms with van der Waals surface area (Å²) in [6.45, 7) is 0.0394. The Bertz CT molecular complexity index is 1690. The number of benzene rings is 2. The number of ether oxygens (including phenoxy) is 1. The van der Waals surface area contributed by atoms with Crippen LogP contribution < -0.4 is 10.9 Å². The Morgan fingerprint density at radius 1 is 1.09 bits per heavy atom. The molecule has 0 amide bonds. The van der Waals surface area contributed by atoms with Crippen molar-refractivity contribution in [2.45, 2.75) is 11.4 Å². The maximum Gasteiger partial charge on any atom is 0.337 e. The Morgan fingerprint density at radius 2 is 1.83 bits per heavy atom. The summed E-state index contributed by atoms with van der Waals surface area (Å²) < 4.78 is 35.3. The summed E-state index contributed by atoms with van der Waals surface area (Å²) in [5.74, 6) is -1.21. The number of fused-ring (bicyclic) bond motifs is 2. The Labute approximate surface area is 199 Å². The molecule has 2 aromatic carbocycles. The van der Waals surface area contributed by atoms with Crippen LogP contribution in [0, 0.1) is 0 Å². The molecule has 1 aliphatic rings. The van der Waals surface area contributed by atoms with Crippen molar-refractivity contribution in [1.82, 2.24) is 9.55 Å². The normalized spacial score (nSPS) is 14.0. The first-order valence-corrected chi connectivity index (χ1v) is 11.8. The van der Waals surface area contributed by atoms with Crippen molar-refractivity contribution >= 4 is 38.5 Å². The quantitative estimate of drug-likeness (QED) is 0.416. The molecule has 0 spiro atoms. The first-order valence-electron chi connectivity index (χ1n) is 10.4. The highest BCUT2D eigenvalue weighted by Gasteiger charge is 2.29. The van der Waals surface area contributed by atoms with E-state index in [0.29, 0.717) is 11.1 Å². The Morgan fingerprint density at radius 3 is 2.57 bits per heavy atom. The molecule has 0 aliphatic carbocycles. The zero-order valence-corrected chi connectivity index (χ0v) is 19.1. The minimum atomic E-state index is -4.11. The van der Waals surface area contributed by atoms with Crippen LogP contribution in [0.2, 0.25) is 0 Å². The predicted molar refractivity (Wildman–Crippen MR) is 128 cm³/mol. The van der Waals surface area contributed by atoms with Gasteiger partial charge in [-0.3, -0.25) is 9.36 Å². The number of nitrogens with one attached hydrogen (secondary N) is 1. The van der Waals surface area contributed by atoms with E-state index in [9.17, 15) is 23.1 Å². The summed E-state index contributed by atoms with van der Waals surface area (Å²) in [5, 5.41) is 14.1. The molecule has 10 nitrogen and oxygen atoms in total. The molecular weight excluding hydrogens is 472 g/mol. The zero-order valence-electron chi connectivity index (χ0n) is 18.3. The van der Waals surface area contributed by atoms with E-state index in [1.807, 2.05) is 0 Å². The van der Waals surface area contributed by atoms with E-state index >= 15 is 0 Å². The summed E-state index contributed by atoms with van der Waals surface area (Å²) in [6.07, 6.45) is 1.48. The summed E-state index contributed by atoms with van der Waals surface area (Å²) in [5.41, 5.74) is 0.479. The average molecular weight is 490 g/mol. The first-order chi connectivity index (χ1) is 16.8. The second-order valence-corrected chi connectivity index (χ2v) is 9.29. The number of pyridine rings is 2. The summed E-state index contributed by atoms with van der Waals surface area (Å²) in [7, 11) is -2.82. The molecule has 0 bridgehead atoms. The highest BCUT2D eigenvalue weighted by molar-refractivity contribution is 7.90. The molecule has 5 rings (SSSR count). The maximum absolute atomic E-state index is 13.6. The SMILES string of the molecule is COC(=O)c1ccc(Cn2c(=O)c(C3=NS(=O)(=O)c4ccccc4N3)c(O)c3cccnc32)cc1. The lowest BCUT2D eigenvalue weighted by molar-refractivity contribution is 0.0600. The molecule has 2 N–H and O–H groups in total. The zero-order chi connectivity index (χ0) is 24.7. The van der Waals surface area contributed by atoms with Crippen LogP contribution in [0.1, 0.15) is 21.5 Å². The average Bonchev–Trinajstić information content (AvgIpc) is 2.86. The number of anilines is 1. The fourth-order valence-electron chi connectivity index (χ4n) is 3.89. The van der Waals surface area contributed by atoms with Gasteiger partial charge in [-0.15, -0.1) is 4.40 Å². The molecular formula is C24H18N4O6S. The third kappa shape index (κ3) is 3.81. The second kappa shape index (κ2) is 8.37. The molecule has 3 heterocycles. The standard InChI is InChI=1S/C24H18N4O6S/c1-34-24(31)15-10-8-14(9-11-15)13-28-22-16(5-4-12-25-22)20(29)19(23(28)30)21-26-17-6-2-3-7-18(17)35(32,33)27-21/h2-12,29H,13H2,1H3,(H,26,27). The van der Waals surface area contributed by atoms with Crippen molar-refractivity contribution in [3.63, 3.8) is 0 Å². The van der Waals surface area contributed by atoms with E-state index in [1.165, 1.54) is 23.9 Å². The van der Waals surface area contributed by atoms with Crippen molar-refractivity contribution in [3.05, 3.63) is 93.9 Å². The molecule has 0 fully saturated rings. The monoisotopic (exact) mass is 490 g/mol. The smallest absolute Gasteiger partial charge is 0.337 e. The van der Waals surface area contributed by atoms with Gasteiger partial charge in [0.15, 0.2) is 5.84 Å². The molecule has 0 unspecified atom stereocenters. The summed E-state index contributed by atoms with van der Waals surface area (Å²) in [4.78, 5) is 29.6. The largest absolute Gasteiger partial charge is 0.506 e. The number of sulfonamides is 1. The van der Waals surface area contributed by atoms with Gasteiger partial charge in [0.05, 0.1) is 30.3 Å². The van der Waals surface area contributed by atoms with Gasteiger partial charge in [-0.05, 0) is 42.0 Å². The maximum atomic E-state index is 13.6. The number of carbonyl (C=O) groups excluding carboxylic acids is 1. The number of hydrogen-bond acceptors (Lipinski definition) is 8. The van der Waals surface area contributed by atoms with E-state index < -0.39 is 27.3 Å². The minimum absolute atomic E-state index is 0.0308. The van der Waals surface area contributed by atoms with Crippen LogP contribution >= 0.6 is 0 Å². The lowest BCUT2D eigenvalue weighted by Gasteiger charge is -2.20. The van der Waals surface area contributed by atoms with Crippen LogP contribution in [0.5, 0.6) is 5.75 Å². The highest BCUT2D eigenvalue weighted by atomic mass is 32.2. The van der Waals surface area contributed by atoms with Gasteiger partial charge in [-0.25, -0.2) is 9.78 Å². The number of hydrogen-bond donors (Lipinski definition) is 2. The number of para-hydroxylation sites is 1. The van der Waals surface area contributed by atoms with Crippen LogP contribution in [-0.2, 0) is 21.3 Å². The van der Waals surface area contributed by atoms with Crippen LogP contribution in [0.3, 0.4) is 0 Å². The van der Waals surface area contributed by atoms with E-state index in [-0.39, 0.29) is 39.6 Å². The lowest BCUT2D eigenvalue weighted by Crippen LogP contribution is -2.33. The number of nitrogens with zero attached hydrogens (tertiary/aromatic N) is 3. The molecule has 1 aliphatic heterocycles. The molecule has 35 heavy (non-hydrogen) atoms. The van der Waals surface area contributed by atoms with E-state index in [4.69, 9.17) is 4.74 Å². The number of carbonyl (C=O) groups is 1. The van der Waals surface area contributed by atoms with Crippen LogP contribution in [0.15, 0.2) is 80.9 Å². The summed E-state index contributed by atoms with van der Waals surface area (Å²) >= 11 is 0. The first kappa shape index (κ1) is 22.3. The fourth-order valence-corrected chi connectivity index (χ4v) is 5.02. The number of methoxy groups -OCH3 is 1. The van der Waals surface area contributed by atoms with Crippen molar-refractivity contribution in [3.8, 4) is 5.75 Å². The fraction of sp³-hybridized carbons (Fsp3) is 0.0833. The number of amidine groups is 1. The van der Waals surface area contributed by atoms with Gasteiger partial charge in [0.2, 0.25) is 0 Å². The number of aromatic nitrogens is 2. The van der Waals surface area contributed by atoms with E-state index in [1.54, 1.807) is 54.6 Å². The Kier molecular flexibility index (Phi) is 5.33. The van der Waals surface area contributed by atoms with Gasteiger partial charge in [-0.1, -0.05) is 24.3 Å². The molecule has 176 valence electrons. The van der Waals surface area contributed by atoms with Crippen LogP contribution in [0.25, 0.3) is 11.0 Å². The van der Waals surface area contributed by atoms with Gasteiger partial charge >= 0.3 is 5.97 Å². The molecule has 4 aromatic rings. The van der Waals surface area contributed by atoms with Crippen molar-refractivity contribution < 1.29 is 23.1 Å². The minimum Gasteiger partial charge on any atom is -0.506 e. The molecule has 0 saturated heterocycles. The number of aromatic hydroxyl groups is 1. The molecule has 0 radical (unpaired) electrons. The van der Waals surface area contributed by atoms with Crippen LogP contribution in [0.4, 0.5) is 5.69 Å². The van der Waals surface area contributed by atoms with Gasteiger partial charge in [0.25, 0.3) is 15.6 Å². The second-order valence-electron chi connectivity index (χ2n) is 7.71. The van der Waals surface area contributed by atoms with E-state index in [0.717, 1.165) is 0 Å². The topological polar surface area (TPSA) is 140 Å². The predicted octanol–water partition coefficient (Wildman–Crippen LogP) is 2.50. The van der Waals surface area contributed by atoms with Gasteiger partial charge in [0.1, 0.15) is 21.9 Å². The van der Waals surface area contributed by atoms with Crippen molar-refractivity contribution in [2.75, 3.05) is 12.4 Å². The third-order valence-electron chi connectivity index (χ3n) is 5.58. The van der Waals surface area contributed by atoms with Crippen LogP contribution in [-0.4, -0.2) is 42.0 Å². The summed E-state index contributed by atoms with van der Waals surface area (Å²) in [6, 6.07) is 15.8. The Hall–Kier alpha value is -4.51.